The summed E-state index contributed by atoms with van der Waals surface area (Å²) in [5.41, 5.74) is 0.937. The number of carboxylic acid groups (broad SMARTS) is 1. The van der Waals surface area contributed by atoms with Crippen LogP contribution >= 0.6 is 0 Å². The van der Waals surface area contributed by atoms with E-state index in [1.54, 1.807) is 6.07 Å². The number of carbonyl (C=O) groups is 2. The van der Waals surface area contributed by atoms with Crippen molar-refractivity contribution < 1.29 is 23.8 Å². The molecule has 0 bridgehead atoms. The van der Waals surface area contributed by atoms with Crippen LogP contribution in [0.5, 0.6) is 0 Å². The van der Waals surface area contributed by atoms with Gasteiger partial charge in [0.25, 0.3) is 5.91 Å². The molecule has 9 nitrogen and oxygen atoms in total. The van der Waals surface area contributed by atoms with E-state index in [9.17, 15) is 14.7 Å². The largest absolute Gasteiger partial charge is 0.480 e. The van der Waals surface area contributed by atoms with Gasteiger partial charge in [-0.3, -0.25) is 9.69 Å². The lowest BCUT2D eigenvalue weighted by Gasteiger charge is -2.25. The monoisotopic (exact) mass is 348 g/mol. The van der Waals surface area contributed by atoms with Crippen molar-refractivity contribution in [2.45, 2.75) is 19.0 Å². The van der Waals surface area contributed by atoms with Crippen molar-refractivity contribution >= 4 is 11.9 Å². The standard InChI is InChI=1S/C16H20N4O5/c21-15(19-14(16(22)23)6-12-7-17-10-18-12)11-5-13(25-9-11)8-20-1-3-24-4-2-20/h5,7,9-10,14H,1-4,6,8H2,(H,17,18)(H,19,21)(H,22,23). The van der Waals surface area contributed by atoms with Crippen LogP contribution in [0, 0.1) is 0 Å². The third kappa shape index (κ3) is 4.68. The summed E-state index contributed by atoms with van der Waals surface area (Å²) in [7, 11) is 0. The number of aromatic nitrogens is 2. The molecule has 1 atom stereocenters. The van der Waals surface area contributed by atoms with Gasteiger partial charge in [-0.2, -0.15) is 0 Å². The molecular weight excluding hydrogens is 328 g/mol. The van der Waals surface area contributed by atoms with Crippen LogP contribution in [0.15, 0.2) is 29.3 Å². The second-order valence-corrected chi connectivity index (χ2v) is 5.84. The topological polar surface area (TPSA) is 121 Å². The molecule has 0 spiro atoms. The van der Waals surface area contributed by atoms with Gasteiger partial charge in [0.1, 0.15) is 18.1 Å². The van der Waals surface area contributed by atoms with E-state index in [-0.39, 0.29) is 6.42 Å². The molecule has 1 unspecified atom stereocenters. The highest BCUT2D eigenvalue weighted by Gasteiger charge is 2.23. The maximum Gasteiger partial charge on any atom is 0.326 e. The molecule has 0 saturated carbocycles. The fourth-order valence-corrected chi connectivity index (χ4v) is 2.62. The van der Waals surface area contributed by atoms with Gasteiger partial charge in [0.2, 0.25) is 0 Å². The first-order chi connectivity index (χ1) is 12.1. The highest BCUT2D eigenvalue weighted by Crippen LogP contribution is 2.12. The predicted molar refractivity (Wildman–Crippen MR) is 86.0 cm³/mol. The third-order valence-electron chi connectivity index (χ3n) is 3.98. The molecule has 134 valence electrons. The number of hydrogen-bond acceptors (Lipinski definition) is 6. The molecule has 0 radical (unpaired) electrons. The zero-order valence-electron chi connectivity index (χ0n) is 13.6. The van der Waals surface area contributed by atoms with Crippen LogP contribution in [0.1, 0.15) is 21.8 Å². The number of H-pyrrole nitrogens is 1. The number of hydrogen-bond donors (Lipinski definition) is 3. The summed E-state index contributed by atoms with van der Waals surface area (Å²) in [5, 5.41) is 11.8. The van der Waals surface area contributed by atoms with Crippen LogP contribution in [0.4, 0.5) is 0 Å². The third-order valence-corrected chi connectivity index (χ3v) is 3.98. The fourth-order valence-electron chi connectivity index (χ4n) is 2.62. The van der Waals surface area contributed by atoms with E-state index in [0.29, 0.717) is 36.8 Å². The molecule has 9 heteroatoms. The zero-order chi connectivity index (χ0) is 17.6. The summed E-state index contributed by atoms with van der Waals surface area (Å²) in [6.07, 6.45) is 4.46. The molecule has 1 amide bonds. The number of rotatable bonds is 7. The Labute approximate surface area is 144 Å². The van der Waals surface area contributed by atoms with Crippen molar-refractivity contribution in [2.24, 2.45) is 0 Å². The maximum atomic E-state index is 12.3. The Kier molecular flexibility index (Phi) is 5.46. The molecule has 25 heavy (non-hydrogen) atoms. The number of imidazole rings is 1. The van der Waals surface area contributed by atoms with Gasteiger partial charge >= 0.3 is 5.97 Å². The Bertz CT molecular complexity index is 706. The molecule has 1 aliphatic heterocycles. The van der Waals surface area contributed by atoms with E-state index in [1.165, 1.54) is 18.8 Å². The van der Waals surface area contributed by atoms with Gasteiger partial charge in [-0.05, 0) is 6.07 Å². The average Bonchev–Trinajstić information content (AvgIpc) is 3.27. The molecule has 0 aliphatic carbocycles. The Morgan fingerprint density at radius 2 is 2.20 bits per heavy atom. The number of amides is 1. The second kappa shape index (κ2) is 7.95. The number of morpholine rings is 1. The molecule has 1 fully saturated rings. The number of carboxylic acids is 1. The van der Waals surface area contributed by atoms with Gasteiger partial charge in [0.05, 0.1) is 31.6 Å². The van der Waals surface area contributed by atoms with Crippen molar-refractivity contribution in [3.63, 3.8) is 0 Å². The first-order valence-electron chi connectivity index (χ1n) is 8.00. The molecule has 2 aromatic rings. The van der Waals surface area contributed by atoms with Gasteiger partial charge in [-0.15, -0.1) is 0 Å². The van der Waals surface area contributed by atoms with Gasteiger partial charge in [-0.25, -0.2) is 9.78 Å². The van der Waals surface area contributed by atoms with Gasteiger partial charge in [0.15, 0.2) is 0 Å². The van der Waals surface area contributed by atoms with Crippen LogP contribution in [0.3, 0.4) is 0 Å². The summed E-state index contributed by atoms with van der Waals surface area (Å²) in [5.74, 6) is -0.934. The van der Waals surface area contributed by atoms with Gasteiger partial charge in [0, 0.05) is 31.4 Å². The molecule has 1 aliphatic rings. The molecule has 3 rings (SSSR count). The Morgan fingerprint density at radius 1 is 1.40 bits per heavy atom. The highest BCUT2D eigenvalue weighted by atomic mass is 16.5. The molecule has 3 N–H and O–H groups in total. The number of nitrogens with zero attached hydrogens (tertiary/aromatic N) is 2. The minimum absolute atomic E-state index is 0.125. The fraction of sp³-hybridized carbons (Fsp3) is 0.438. The zero-order valence-corrected chi connectivity index (χ0v) is 13.6. The normalized spacial score (nSPS) is 16.5. The molecular formula is C16H20N4O5. The van der Waals surface area contributed by atoms with Crippen LogP contribution in [0.2, 0.25) is 0 Å². The molecule has 1 saturated heterocycles. The quantitative estimate of drug-likeness (QED) is 0.656. The lowest BCUT2D eigenvalue weighted by atomic mass is 10.1. The van der Waals surface area contributed by atoms with E-state index in [2.05, 4.69) is 20.2 Å². The number of furan rings is 1. The van der Waals surface area contributed by atoms with Crippen molar-refractivity contribution in [3.05, 3.63) is 41.9 Å². The summed E-state index contributed by atoms with van der Waals surface area (Å²) < 4.78 is 10.7. The number of carbonyl (C=O) groups excluding carboxylic acids is 1. The number of ether oxygens (including phenoxy) is 1. The number of aromatic amines is 1. The van der Waals surface area contributed by atoms with E-state index in [0.717, 1.165) is 13.1 Å². The highest BCUT2D eigenvalue weighted by molar-refractivity contribution is 5.96. The molecule has 0 aromatic carbocycles. The van der Waals surface area contributed by atoms with Crippen molar-refractivity contribution in [1.29, 1.82) is 0 Å². The van der Waals surface area contributed by atoms with Crippen LogP contribution < -0.4 is 5.32 Å². The SMILES string of the molecule is O=C(NC(Cc1cnc[nH]1)C(=O)O)c1coc(CN2CCOCC2)c1. The number of nitrogens with one attached hydrogen (secondary N) is 2. The van der Waals surface area contributed by atoms with E-state index in [1.807, 2.05) is 0 Å². The van der Waals surface area contributed by atoms with Crippen LogP contribution in [0.25, 0.3) is 0 Å². The first-order valence-corrected chi connectivity index (χ1v) is 8.00. The van der Waals surface area contributed by atoms with Crippen molar-refractivity contribution in [3.8, 4) is 0 Å². The minimum atomic E-state index is -1.11. The Balaban J connectivity index is 1.58. The summed E-state index contributed by atoms with van der Waals surface area (Å²) in [4.78, 5) is 32.5. The van der Waals surface area contributed by atoms with Gasteiger partial charge < -0.3 is 24.6 Å². The second-order valence-electron chi connectivity index (χ2n) is 5.84. The average molecular weight is 348 g/mol. The van der Waals surface area contributed by atoms with E-state index < -0.39 is 17.9 Å². The Hall–Kier alpha value is -2.65. The van der Waals surface area contributed by atoms with Crippen molar-refractivity contribution in [1.82, 2.24) is 20.2 Å². The van der Waals surface area contributed by atoms with E-state index >= 15 is 0 Å². The summed E-state index contributed by atoms with van der Waals surface area (Å²) in [6.45, 7) is 3.58. The molecule has 2 aromatic heterocycles. The minimum Gasteiger partial charge on any atom is -0.480 e. The van der Waals surface area contributed by atoms with Crippen LogP contribution in [-0.4, -0.2) is 64.2 Å². The smallest absolute Gasteiger partial charge is 0.326 e. The van der Waals surface area contributed by atoms with E-state index in [4.69, 9.17) is 9.15 Å². The Morgan fingerprint density at radius 3 is 2.88 bits per heavy atom. The van der Waals surface area contributed by atoms with Crippen molar-refractivity contribution in [2.75, 3.05) is 26.3 Å². The first kappa shape index (κ1) is 17.2. The predicted octanol–water partition coefficient (Wildman–Crippen LogP) is 0.261. The maximum absolute atomic E-state index is 12.3. The summed E-state index contributed by atoms with van der Waals surface area (Å²) in [6, 6.07) is 0.588. The lowest BCUT2D eigenvalue weighted by molar-refractivity contribution is -0.139. The van der Waals surface area contributed by atoms with Crippen LogP contribution in [-0.2, 0) is 22.5 Å². The van der Waals surface area contributed by atoms with Gasteiger partial charge in [-0.1, -0.05) is 0 Å². The molecule has 3 heterocycles. The number of aliphatic carboxylic acids is 1. The lowest BCUT2D eigenvalue weighted by Crippen LogP contribution is -2.42. The summed E-state index contributed by atoms with van der Waals surface area (Å²) >= 11 is 0.